The van der Waals surface area contributed by atoms with Gasteiger partial charge in [0.25, 0.3) is 0 Å². The fourth-order valence-corrected chi connectivity index (χ4v) is 4.87. The first kappa shape index (κ1) is 26.2. The van der Waals surface area contributed by atoms with Crippen LogP contribution in [-0.2, 0) is 27.6 Å². The van der Waals surface area contributed by atoms with E-state index < -0.39 is 5.97 Å². The molecule has 7 nitrogen and oxygen atoms in total. The molecule has 0 aliphatic heterocycles. The summed E-state index contributed by atoms with van der Waals surface area (Å²) in [7, 11) is 1.32. The molecule has 0 saturated heterocycles. The third-order valence-corrected chi connectivity index (χ3v) is 7.22. The van der Waals surface area contributed by atoms with Crippen LogP contribution in [0, 0.1) is 0 Å². The van der Waals surface area contributed by atoms with Crippen LogP contribution in [0.15, 0.2) is 60.3 Å². The number of nitrogens with zero attached hydrogens (tertiary/aromatic N) is 3. The lowest BCUT2D eigenvalue weighted by Crippen LogP contribution is -2.15. The predicted octanol–water partition coefficient (Wildman–Crippen LogP) is 5.72. The molecule has 1 N–H and O–H groups in total. The van der Waals surface area contributed by atoms with Crippen molar-refractivity contribution in [1.82, 2.24) is 14.8 Å². The highest BCUT2D eigenvalue weighted by molar-refractivity contribution is 7.99. The number of ether oxygens (including phenoxy) is 1. The maximum atomic E-state index is 12.4. The number of amides is 1. The van der Waals surface area contributed by atoms with Crippen molar-refractivity contribution < 1.29 is 14.3 Å². The molecule has 3 rings (SSSR count). The van der Waals surface area contributed by atoms with Crippen molar-refractivity contribution >= 4 is 64.3 Å². The van der Waals surface area contributed by atoms with Gasteiger partial charge in [-0.05, 0) is 42.0 Å². The molecule has 1 aromatic heterocycles. The summed E-state index contributed by atoms with van der Waals surface area (Å²) in [4.78, 5) is 23.9. The number of thioether (sulfide) groups is 2. The molecule has 0 saturated carbocycles. The molecule has 0 bridgehead atoms. The van der Waals surface area contributed by atoms with E-state index in [4.69, 9.17) is 23.2 Å². The molecule has 1 amide bonds. The van der Waals surface area contributed by atoms with Crippen molar-refractivity contribution in [3.8, 4) is 0 Å². The maximum absolute atomic E-state index is 12.4. The Labute approximate surface area is 216 Å². The summed E-state index contributed by atoms with van der Waals surface area (Å²) in [5.74, 6) is 1.72. The summed E-state index contributed by atoms with van der Waals surface area (Å²) in [5.41, 5.74) is 2.07. The molecule has 3 aromatic rings. The Morgan fingerprint density at radius 2 is 1.88 bits per heavy atom. The van der Waals surface area contributed by atoms with Crippen molar-refractivity contribution in [2.75, 3.05) is 18.2 Å². The molecule has 0 aliphatic carbocycles. The minimum atomic E-state index is -0.430. The molecule has 2 aromatic carbocycles. The highest BCUT2D eigenvalue weighted by Crippen LogP contribution is 2.26. The Kier molecular flexibility index (Phi) is 9.88. The standard InChI is InChI=1S/C23H22Cl2N4O3S2/c1-3-10-29-20(13-33-12-15-4-9-18(24)19(25)11-15)27-28-23(29)34-14-21(30)26-17-7-5-16(6-8-17)22(31)32-2/h3-9,11H,1,10,12-14H2,2H3,(H,26,30). The van der Waals surface area contributed by atoms with Gasteiger partial charge in [-0.2, -0.15) is 0 Å². The Morgan fingerprint density at radius 3 is 2.56 bits per heavy atom. The van der Waals surface area contributed by atoms with Gasteiger partial charge in [-0.25, -0.2) is 4.79 Å². The zero-order valence-electron chi connectivity index (χ0n) is 18.3. The second kappa shape index (κ2) is 12.9. The summed E-state index contributed by atoms with van der Waals surface area (Å²) >= 11 is 15.0. The Hall–Kier alpha value is -2.46. The van der Waals surface area contributed by atoms with E-state index in [9.17, 15) is 9.59 Å². The second-order valence-corrected chi connectivity index (χ2v) is 9.69. The zero-order chi connectivity index (χ0) is 24.5. The van der Waals surface area contributed by atoms with Crippen LogP contribution in [0.3, 0.4) is 0 Å². The summed E-state index contributed by atoms with van der Waals surface area (Å²) in [6.45, 7) is 4.34. The van der Waals surface area contributed by atoms with Gasteiger partial charge in [-0.3, -0.25) is 4.79 Å². The molecule has 178 valence electrons. The average Bonchev–Trinajstić information content (AvgIpc) is 3.21. The first-order valence-corrected chi connectivity index (χ1v) is 13.0. The van der Waals surface area contributed by atoms with Gasteiger partial charge in [0.05, 0.1) is 34.2 Å². The predicted molar refractivity (Wildman–Crippen MR) is 139 cm³/mol. The lowest BCUT2D eigenvalue weighted by molar-refractivity contribution is -0.113. The number of hydrogen-bond donors (Lipinski definition) is 1. The average molecular weight is 537 g/mol. The lowest BCUT2D eigenvalue weighted by atomic mass is 10.2. The first-order valence-electron chi connectivity index (χ1n) is 10.1. The number of halogens is 2. The minimum absolute atomic E-state index is 0.157. The van der Waals surface area contributed by atoms with Crippen LogP contribution >= 0.6 is 46.7 Å². The minimum Gasteiger partial charge on any atom is -0.465 e. The van der Waals surface area contributed by atoms with Crippen LogP contribution in [0.5, 0.6) is 0 Å². The number of hydrogen-bond acceptors (Lipinski definition) is 7. The van der Waals surface area contributed by atoms with Crippen molar-refractivity contribution in [2.45, 2.75) is 23.2 Å². The first-order chi connectivity index (χ1) is 16.4. The van der Waals surface area contributed by atoms with Gasteiger partial charge >= 0.3 is 5.97 Å². The van der Waals surface area contributed by atoms with Gasteiger partial charge in [-0.1, -0.05) is 47.1 Å². The number of rotatable bonds is 11. The number of aromatic nitrogens is 3. The number of esters is 1. The van der Waals surface area contributed by atoms with Crippen molar-refractivity contribution in [2.24, 2.45) is 0 Å². The summed E-state index contributed by atoms with van der Waals surface area (Å²) in [5, 5.41) is 13.1. The van der Waals surface area contributed by atoms with Gasteiger partial charge in [0, 0.05) is 18.0 Å². The number of carbonyl (C=O) groups excluding carboxylic acids is 2. The van der Waals surface area contributed by atoms with E-state index in [1.807, 2.05) is 16.7 Å². The topological polar surface area (TPSA) is 86.1 Å². The highest BCUT2D eigenvalue weighted by atomic mass is 35.5. The number of anilines is 1. The van der Waals surface area contributed by atoms with Crippen LogP contribution in [0.4, 0.5) is 5.69 Å². The highest BCUT2D eigenvalue weighted by Gasteiger charge is 2.14. The van der Waals surface area contributed by atoms with Gasteiger partial charge in [0.1, 0.15) is 5.82 Å². The normalized spacial score (nSPS) is 10.7. The van der Waals surface area contributed by atoms with Crippen LogP contribution in [0.2, 0.25) is 10.0 Å². The molecular weight excluding hydrogens is 515 g/mol. The van der Waals surface area contributed by atoms with Gasteiger partial charge in [0.2, 0.25) is 5.91 Å². The molecule has 34 heavy (non-hydrogen) atoms. The number of carbonyl (C=O) groups is 2. The van der Waals surface area contributed by atoms with Crippen molar-refractivity contribution in [1.29, 1.82) is 0 Å². The zero-order valence-corrected chi connectivity index (χ0v) is 21.4. The number of benzene rings is 2. The molecule has 0 radical (unpaired) electrons. The Morgan fingerprint density at radius 1 is 1.12 bits per heavy atom. The van der Waals surface area contributed by atoms with Gasteiger partial charge in [0.15, 0.2) is 5.16 Å². The summed E-state index contributed by atoms with van der Waals surface area (Å²) < 4.78 is 6.61. The summed E-state index contributed by atoms with van der Waals surface area (Å²) in [6, 6.07) is 12.1. The maximum Gasteiger partial charge on any atom is 0.337 e. The quantitative estimate of drug-likeness (QED) is 0.190. The summed E-state index contributed by atoms with van der Waals surface area (Å²) in [6.07, 6.45) is 1.77. The molecule has 0 aliphatic rings. The SMILES string of the molecule is C=CCn1c(CSCc2ccc(Cl)c(Cl)c2)nnc1SCC(=O)Nc1ccc(C(=O)OC)cc1. The fraction of sp³-hybridized carbons (Fsp3) is 0.217. The molecule has 0 fully saturated rings. The molecule has 0 atom stereocenters. The monoisotopic (exact) mass is 536 g/mol. The lowest BCUT2D eigenvalue weighted by Gasteiger charge is -2.09. The molecule has 11 heteroatoms. The third kappa shape index (κ3) is 7.27. The van der Waals surface area contributed by atoms with E-state index in [1.165, 1.54) is 18.9 Å². The largest absolute Gasteiger partial charge is 0.465 e. The van der Waals surface area contributed by atoms with Crippen molar-refractivity contribution in [3.63, 3.8) is 0 Å². The molecule has 0 unspecified atom stereocenters. The van der Waals surface area contributed by atoms with Gasteiger partial charge < -0.3 is 14.6 Å². The number of allylic oxidation sites excluding steroid dienone is 1. The van der Waals surface area contributed by atoms with Crippen LogP contribution in [-0.4, -0.2) is 39.5 Å². The Balaban J connectivity index is 1.55. The van der Waals surface area contributed by atoms with E-state index in [1.54, 1.807) is 48.2 Å². The number of nitrogens with one attached hydrogen (secondary N) is 1. The van der Waals surface area contributed by atoms with E-state index in [0.29, 0.717) is 38.8 Å². The fourth-order valence-electron chi connectivity index (χ4n) is 2.87. The van der Waals surface area contributed by atoms with Crippen LogP contribution in [0.1, 0.15) is 21.7 Å². The van der Waals surface area contributed by atoms with Crippen molar-refractivity contribution in [3.05, 3.63) is 82.1 Å². The van der Waals surface area contributed by atoms with Crippen LogP contribution < -0.4 is 5.32 Å². The van der Waals surface area contributed by atoms with E-state index in [-0.39, 0.29) is 11.7 Å². The molecule has 0 spiro atoms. The number of methoxy groups -OCH3 is 1. The molecule has 1 heterocycles. The Bertz CT molecular complexity index is 1170. The van der Waals surface area contributed by atoms with Gasteiger partial charge in [-0.15, -0.1) is 28.5 Å². The second-order valence-electron chi connectivity index (χ2n) is 6.95. The smallest absolute Gasteiger partial charge is 0.337 e. The third-order valence-electron chi connectivity index (χ3n) is 4.51. The van der Waals surface area contributed by atoms with E-state index in [2.05, 4.69) is 26.8 Å². The van der Waals surface area contributed by atoms with Crippen LogP contribution in [0.25, 0.3) is 0 Å². The molecular formula is C23H22Cl2N4O3S2. The van der Waals surface area contributed by atoms with E-state index >= 15 is 0 Å². The van der Waals surface area contributed by atoms with E-state index in [0.717, 1.165) is 17.1 Å².